The Labute approximate surface area is 266 Å². The second-order valence-electron chi connectivity index (χ2n) is 12.5. The summed E-state index contributed by atoms with van der Waals surface area (Å²) in [6.07, 6.45) is 0.528. The number of thiocarbonyl (C=S) groups is 1. The second kappa shape index (κ2) is 9.89. The Bertz CT molecular complexity index is 1580. The molecular formula is C30H30Cl4NO4PS. The third kappa shape index (κ3) is 5.10. The van der Waals surface area contributed by atoms with E-state index in [0.29, 0.717) is 17.9 Å². The van der Waals surface area contributed by atoms with Crippen LogP contribution in [0.3, 0.4) is 0 Å². The predicted octanol–water partition coefficient (Wildman–Crippen LogP) is 11.6. The van der Waals surface area contributed by atoms with Crippen molar-refractivity contribution in [2.24, 2.45) is 4.76 Å². The number of nitrogens with zero attached hydrogens (tertiary/aromatic N) is 1. The van der Waals surface area contributed by atoms with Crippen molar-refractivity contribution < 1.29 is 18.1 Å². The predicted molar refractivity (Wildman–Crippen MR) is 174 cm³/mol. The Morgan fingerprint density at radius 3 is 1.37 bits per heavy atom. The number of aryl methyl sites for hydroxylation is 2. The summed E-state index contributed by atoms with van der Waals surface area (Å²) < 4.78 is 31.5. The third-order valence-electron chi connectivity index (χ3n) is 6.98. The summed E-state index contributed by atoms with van der Waals surface area (Å²) in [5.74, 6) is 1.01. The Balaban J connectivity index is 1.95. The molecule has 0 unspecified atom stereocenters. The molecule has 2 aliphatic heterocycles. The molecule has 0 bridgehead atoms. The van der Waals surface area contributed by atoms with Gasteiger partial charge in [-0.2, -0.15) is 0 Å². The first kappa shape index (κ1) is 30.7. The van der Waals surface area contributed by atoms with E-state index in [1.165, 1.54) is 0 Å². The first-order chi connectivity index (χ1) is 18.9. The number of isothiocyanates is 1. The van der Waals surface area contributed by atoms with Gasteiger partial charge in [0.25, 0.3) is 0 Å². The van der Waals surface area contributed by atoms with Crippen molar-refractivity contribution in [3.8, 4) is 23.0 Å². The van der Waals surface area contributed by atoms with E-state index in [2.05, 4.69) is 89.6 Å². The van der Waals surface area contributed by atoms with E-state index in [4.69, 9.17) is 76.7 Å². The summed E-state index contributed by atoms with van der Waals surface area (Å²) in [6.45, 7) is 16.7. The molecule has 5 nitrogen and oxygen atoms in total. The first-order valence-electron chi connectivity index (χ1n) is 12.9. The number of benzene rings is 3. The number of hydrogen-bond acceptors (Lipinski definition) is 6. The molecule has 0 radical (unpaired) electrons. The number of halogens is 4. The minimum atomic E-state index is -5.22. The Kier molecular flexibility index (Phi) is 7.41. The van der Waals surface area contributed by atoms with E-state index in [0.717, 1.165) is 33.4 Å². The first-order valence-corrected chi connectivity index (χ1v) is 16.7. The maximum absolute atomic E-state index is 6.92. The van der Waals surface area contributed by atoms with E-state index in [1.807, 2.05) is 0 Å². The van der Waals surface area contributed by atoms with Crippen LogP contribution in [0.1, 0.15) is 74.9 Å². The Morgan fingerprint density at radius 1 is 0.659 bits per heavy atom. The van der Waals surface area contributed by atoms with Crippen molar-refractivity contribution in [3.05, 3.63) is 77.7 Å². The summed E-state index contributed by atoms with van der Waals surface area (Å²) in [4.78, 5) is 0. The van der Waals surface area contributed by atoms with Gasteiger partial charge < -0.3 is 0 Å². The molecule has 1 spiro atoms. The van der Waals surface area contributed by atoms with Gasteiger partial charge in [-0.3, -0.25) is 0 Å². The van der Waals surface area contributed by atoms with E-state index in [-0.39, 0.29) is 42.4 Å². The number of rotatable bonds is 1. The van der Waals surface area contributed by atoms with Crippen molar-refractivity contribution in [3.63, 3.8) is 0 Å². The molecule has 0 aromatic heterocycles. The zero-order valence-corrected chi connectivity index (χ0v) is 28.7. The summed E-state index contributed by atoms with van der Waals surface area (Å²) in [7, 11) is -5.22. The Morgan fingerprint density at radius 2 is 1.02 bits per heavy atom. The zero-order valence-electron chi connectivity index (χ0n) is 24.0. The van der Waals surface area contributed by atoms with Crippen LogP contribution >= 0.6 is 66.3 Å². The van der Waals surface area contributed by atoms with Crippen molar-refractivity contribution >= 4 is 71.4 Å². The van der Waals surface area contributed by atoms with Crippen LogP contribution in [0.4, 0.5) is 0 Å². The zero-order chi connectivity index (χ0) is 30.3. The van der Waals surface area contributed by atoms with Crippen LogP contribution in [0.25, 0.3) is 0 Å². The fourth-order valence-corrected chi connectivity index (χ4v) is 9.04. The van der Waals surface area contributed by atoms with Crippen LogP contribution < -0.4 is 18.1 Å². The Hall–Kier alpha value is -1.75. The molecule has 2 heterocycles. The van der Waals surface area contributed by atoms with Gasteiger partial charge in [0.15, 0.2) is 0 Å². The molecule has 5 rings (SSSR count). The fraction of sp³-hybridized carbons (Fsp3) is 0.367. The summed E-state index contributed by atoms with van der Waals surface area (Å²) in [6, 6.07) is 8.32. The number of hydrogen-bond donors (Lipinski definition) is 0. The standard InChI is InChI=1S/C30H30Cl4NO4PS/c1-15-9-17-13-18-10-16(2)12-20(30(6,7)8)26(18)37-40(35-14-41,36-25(17)19(11-15)29(3,4)5)38-27-23(33)21(31)22(32)24(34)28(27)39-40/h9-12H,13H2,1-8H3. The fourth-order valence-electron chi connectivity index (χ4n) is 5.12. The van der Waals surface area contributed by atoms with Gasteiger partial charge in [0, 0.05) is 0 Å². The molecule has 41 heavy (non-hydrogen) atoms. The molecule has 0 saturated carbocycles. The summed E-state index contributed by atoms with van der Waals surface area (Å²) >= 11 is 31.3. The van der Waals surface area contributed by atoms with Gasteiger partial charge in [-0.1, -0.05) is 0 Å². The second-order valence-corrected chi connectivity index (χ2v) is 16.7. The van der Waals surface area contributed by atoms with Crippen LogP contribution in [-0.4, -0.2) is 5.16 Å². The van der Waals surface area contributed by atoms with E-state index in [9.17, 15) is 0 Å². The van der Waals surface area contributed by atoms with Crippen LogP contribution in [0, 0.1) is 13.8 Å². The van der Waals surface area contributed by atoms with Gasteiger partial charge in [0.1, 0.15) is 0 Å². The van der Waals surface area contributed by atoms with Gasteiger partial charge in [-0.05, 0) is 0 Å². The van der Waals surface area contributed by atoms with Gasteiger partial charge in [0.05, 0.1) is 0 Å². The summed E-state index contributed by atoms with van der Waals surface area (Å²) in [5, 5.41) is 2.38. The summed E-state index contributed by atoms with van der Waals surface area (Å²) in [5.41, 5.74) is 5.10. The molecule has 0 atom stereocenters. The molecule has 0 amide bonds. The molecule has 218 valence electrons. The maximum atomic E-state index is 6.92. The normalized spacial score (nSPS) is 17.5. The number of fused-ring (bicyclic) bond motifs is 3. The van der Waals surface area contributed by atoms with Crippen molar-refractivity contribution in [2.75, 3.05) is 0 Å². The monoisotopic (exact) mass is 671 g/mol. The van der Waals surface area contributed by atoms with Crippen LogP contribution in [0.5, 0.6) is 23.0 Å². The topological polar surface area (TPSA) is 49.3 Å². The molecule has 3 aromatic carbocycles. The molecule has 0 fully saturated rings. The van der Waals surface area contributed by atoms with Gasteiger partial charge >= 0.3 is 268 Å². The van der Waals surface area contributed by atoms with Crippen molar-refractivity contribution in [2.45, 2.75) is 72.6 Å². The van der Waals surface area contributed by atoms with Crippen LogP contribution in [-0.2, 0) is 17.3 Å². The third-order valence-corrected chi connectivity index (χ3v) is 11.4. The quantitative estimate of drug-likeness (QED) is 0.0846. The average Bonchev–Trinajstić information content (AvgIpc) is 3.19. The molecule has 2 aliphatic rings. The van der Waals surface area contributed by atoms with Crippen LogP contribution in [0.15, 0.2) is 29.0 Å². The van der Waals surface area contributed by atoms with E-state index >= 15 is 0 Å². The molecular weight excluding hydrogens is 643 g/mol. The van der Waals surface area contributed by atoms with Gasteiger partial charge in [-0.25, -0.2) is 0 Å². The van der Waals surface area contributed by atoms with Crippen molar-refractivity contribution in [1.29, 1.82) is 0 Å². The van der Waals surface area contributed by atoms with Gasteiger partial charge in [0.2, 0.25) is 0 Å². The SMILES string of the molecule is Cc1cc2c(c(C(C)(C)C)c1)OP1(N=C=S)(Oc3c(cc(C)cc3C(C)(C)C)C2)Oc2c(Cl)c(Cl)c(Cl)c(Cl)c2O1. The van der Waals surface area contributed by atoms with Gasteiger partial charge in [-0.15, -0.1) is 0 Å². The van der Waals surface area contributed by atoms with E-state index in [1.54, 1.807) is 0 Å². The van der Waals surface area contributed by atoms with Crippen molar-refractivity contribution in [1.82, 2.24) is 0 Å². The molecule has 0 N–H and O–H groups in total. The minimum absolute atomic E-state index is 0.00423. The molecule has 3 aromatic rings. The molecule has 11 heteroatoms. The van der Waals surface area contributed by atoms with E-state index < -0.39 is 7.66 Å². The molecule has 0 aliphatic carbocycles. The average molecular weight is 673 g/mol. The van der Waals surface area contributed by atoms with Crippen LogP contribution in [0.2, 0.25) is 20.1 Å². The molecule has 0 saturated heterocycles.